The van der Waals surface area contributed by atoms with E-state index in [2.05, 4.69) is 0 Å². The number of amides is 1. The van der Waals surface area contributed by atoms with Gasteiger partial charge in [0.2, 0.25) is 0 Å². The zero-order chi connectivity index (χ0) is 14.0. The van der Waals surface area contributed by atoms with Gasteiger partial charge in [-0.2, -0.15) is 0 Å². The number of methoxy groups -OCH3 is 1. The Bertz CT molecular complexity index is 452. The first-order valence-corrected chi connectivity index (χ1v) is 6.44. The van der Waals surface area contributed by atoms with Crippen molar-refractivity contribution in [3.63, 3.8) is 0 Å². The average molecular weight is 267 g/mol. The van der Waals surface area contributed by atoms with Crippen LogP contribution in [0.5, 0.6) is 0 Å². The Labute approximate surface area is 113 Å². The van der Waals surface area contributed by atoms with E-state index in [0.29, 0.717) is 25.5 Å². The molecule has 0 radical (unpaired) electrons. The second kappa shape index (κ2) is 5.35. The molecule has 0 aromatic carbocycles. The molecule has 106 valence electrons. The highest BCUT2D eigenvalue weighted by atomic mass is 16.5. The smallest absolute Gasteiger partial charge is 0.289 e. The Hall–Kier alpha value is -1.33. The van der Waals surface area contributed by atoms with E-state index in [1.807, 2.05) is 20.8 Å². The summed E-state index contributed by atoms with van der Waals surface area (Å²) in [7, 11) is 1.63. The predicted molar refractivity (Wildman–Crippen MR) is 70.2 cm³/mol. The monoisotopic (exact) mass is 267 g/mol. The molecule has 0 saturated carbocycles. The molecule has 0 unspecified atom stereocenters. The van der Waals surface area contributed by atoms with Crippen LogP contribution in [0.25, 0.3) is 0 Å². The molecular weight excluding hydrogens is 246 g/mol. The van der Waals surface area contributed by atoms with E-state index in [-0.39, 0.29) is 17.6 Å². The van der Waals surface area contributed by atoms with Crippen LogP contribution in [0, 0.1) is 6.92 Å². The SMILES string of the molecule is COC[C@H]1CN(C(=O)c2ccc(C)o2)CC(C)(C)O1. The summed E-state index contributed by atoms with van der Waals surface area (Å²) in [5.74, 6) is 1.03. The molecule has 5 nitrogen and oxygen atoms in total. The van der Waals surface area contributed by atoms with Gasteiger partial charge in [0.1, 0.15) is 5.76 Å². The van der Waals surface area contributed by atoms with Crippen LogP contribution in [-0.2, 0) is 9.47 Å². The third-order valence-corrected chi connectivity index (χ3v) is 3.07. The summed E-state index contributed by atoms with van der Waals surface area (Å²) in [5, 5.41) is 0. The van der Waals surface area contributed by atoms with Crippen LogP contribution in [0.1, 0.15) is 30.2 Å². The Morgan fingerprint density at radius 1 is 1.53 bits per heavy atom. The van der Waals surface area contributed by atoms with Gasteiger partial charge in [-0.3, -0.25) is 4.79 Å². The number of nitrogens with zero attached hydrogens (tertiary/aromatic N) is 1. The zero-order valence-electron chi connectivity index (χ0n) is 11.9. The van der Waals surface area contributed by atoms with Crippen molar-refractivity contribution in [2.24, 2.45) is 0 Å². The Morgan fingerprint density at radius 3 is 2.84 bits per heavy atom. The first-order chi connectivity index (χ1) is 8.91. The Kier molecular flexibility index (Phi) is 3.96. The highest BCUT2D eigenvalue weighted by Gasteiger charge is 2.36. The topological polar surface area (TPSA) is 51.9 Å². The molecule has 0 spiro atoms. The molecule has 1 saturated heterocycles. The molecule has 1 fully saturated rings. The minimum absolute atomic E-state index is 0.0921. The van der Waals surface area contributed by atoms with Crippen LogP contribution in [0.3, 0.4) is 0 Å². The molecule has 1 amide bonds. The summed E-state index contributed by atoms with van der Waals surface area (Å²) in [6.07, 6.45) is -0.103. The first-order valence-electron chi connectivity index (χ1n) is 6.44. The number of hydrogen-bond donors (Lipinski definition) is 0. The molecule has 2 heterocycles. The molecule has 1 atom stereocenters. The Morgan fingerprint density at radius 2 is 2.26 bits per heavy atom. The molecule has 1 aliphatic heterocycles. The maximum absolute atomic E-state index is 12.4. The molecule has 1 aliphatic rings. The van der Waals surface area contributed by atoms with Gasteiger partial charge in [-0.05, 0) is 32.9 Å². The third kappa shape index (κ3) is 3.36. The lowest BCUT2D eigenvalue weighted by molar-refractivity contribution is -0.143. The van der Waals surface area contributed by atoms with E-state index < -0.39 is 0 Å². The summed E-state index contributed by atoms with van der Waals surface area (Å²) in [4.78, 5) is 14.2. The summed E-state index contributed by atoms with van der Waals surface area (Å²) in [6.45, 7) is 7.32. The van der Waals surface area contributed by atoms with Gasteiger partial charge in [-0.1, -0.05) is 0 Å². The van der Waals surface area contributed by atoms with Crippen molar-refractivity contribution in [2.45, 2.75) is 32.5 Å². The quantitative estimate of drug-likeness (QED) is 0.838. The van der Waals surface area contributed by atoms with Gasteiger partial charge in [0.15, 0.2) is 5.76 Å². The summed E-state index contributed by atoms with van der Waals surface area (Å²) >= 11 is 0. The highest BCUT2D eigenvalue weighted by molar-refractivity contribution is 5.91. The molecular formula is C14H21NO4. The number of ether oxygens (including phenoxy) is 2. The fraction of sp³-hybridized carbons (Fsp3) is 0.643. The number of aryl methyl sites for hydroxylation is 1. The lowest BCUT2D eigenvalue weighted by atomic mass is 10.0. The van der Waals surface area contributed by atoms with Crippen LogP contribution >= 0.6 is 0 Å². The van der Waals surface area contributed by atoms with Crippen molar-refractivity contribution in [1.29, 1.82) is 0 Å². The van der Waals surface area contributed by atoms with Gasteiger partial charge < -0.3 is 18.8 Å². The van der Waals surface area contributed by atoms with Crippen LogP contribution < -0.4 is 0 Å². The average Bonchev–Trinajstić information content (AvgIpc) is 2.73. The molecule has 1 aromatic heterocycles. The molecule has 0 bridgehead atoms. The molecule has 19 heavy (non-hydrogen) atoms. The minimum Gasteiger partial charge on any atom is -0.456 e. The minimum atomic E-state index is -0.376. The van der Waals surface area contributed by atoms with Crippen molar-refractivity contribution in [3.8, 4) is 0 Å². The van der Waals surface area contributed by atoms with Gasteiger partial charge in [-0.15, -0.1) is 0 Å². The third-order valence-electron chi connectivity index (χ3n) is 3.07. The first kappa shape index (κ1) is 14.1. The second-order valence-corrected chi connectivity index (χ2v) is 5.55. The fourth-order valence-electron chi connectivity index (χ4n) is 2.43. The maximum Gasteiger partial charge on any atom is 0.289 e. The predicted octanol–water partition coefficient (Wildman–Crippen LogP) is 1.85. The molecule has 5 heteroatoms. The van der Waals surface area contributed by atoms with E-state index in [0.717, 1.165) is 5.76 Å². The Balaban J connectivity index is 2.12. The van der Waals surface area contributed by atoms with Crippen molar-refractivity contribution < 1.29 is 18.7 Å². The van der Waals surface area contributed by atoms with Gasteiger partial charge in [0, 0.05) is 20.2 Å². The molecule has 0 aliphatic carbocycles. The van der Waals surface area contributed by atoms with E-state index in [9.17, 15) is 4.79 Å². The fourth-order valence-corrected chi connectivity index (χ4v) is 2.43. The number of carbonyl (C=O) groups is 1. The lowest BCUT2D eigenvalue weighted by Gasteiger charge is -2.42. The van der Waals surface area contributed by atoms with Crippen LogP contribution in [0.2, 0.25) is 0 Å². The standard InChI is InChI=1S/C14H21NO4/c1-10-5-6-12(18-10)13(16)15-7-11(8-17-4)19-14(2,3)9-15/h5-6,11H,7-9H2,1-4H3/t11-/m1/s1. The van der Waals surface area contributed by atoms with Gasteiger partial charge in [0.05, 0.1) is 18.3 Å². The zero-order valence-corrected chi connectivity index (χ0v) is 11.9. The van der Waals surface area contributed by atoms with Crippen molar-refractivity contribution in [1.82, 2.24) is 4.90 Å². The van der Waals surface area contributed by atoms with Crippen molar-refractivity contribution >= 4 is 5.91 Å². The van der Waals surface area contributed by atoms with Crippen molar-refractivity contribution in [2.75, 3.05) is 26.8 Å². The summed E-state index contributed by atoms with van der Waals surface area (Å²) < 4.78 is 16.4. The van der Waals surface area contributed by atoms with E-state index in [1.54, 1.807) is 24.1 Å². The molecule has 2 rings (SSSR count). The normalized spacial score (nSPS) is 22.5. The number of morpholine rings is 1. The van der Waals surface area contributed by atoms with Gasteiger partial charge >= 0.3 is 0 Å². The van der Waals surface area contributed by atoms with Crippen LogP contribution in [0.15, 0.2) is 16.5 Å². The van der Waals surface area contributed by atoms with E-state index >= 15 is 0 Å². The van der Waals surface area contributed by atoms with Crippen LogP contribution in [-0.4, -0.2) is 49.3 Å². The largest absolute Gasteiger partial charge is 0.456 e. The van der Waals surface area contributed by atoms with Gasteiger partial charge in [-0.25, -0.2) is 0 Å². The molecule has 0 N–H and O–H groups in total. The number of rotatable bonds is 3. The highest BCUT2D eigenvalue weighted by Crippen LogP contribution is 2.23. The van der Waals surface area contributed by atoms with Gasteiger partial charge in [0.25, 0.3) is 5.91 Å². The lowest BCUT2D eigenvalue weighted by Crippen LogP contribution is -2.55. The molecule has 1 aromatic rings. The second-order valence-electron chi connectivity index (χ2n) is 5.55. The van der Waals surface area contributed by atoms with Crippen molar-refractivity contribution in [3.05, 3.63) is 23.7 Å². The maximum atomic E-state index is 12.4. The number of carbonyl (C=O) groups excluding carboxylic acids is 1. The van der Waals surface area contributed by atoms with Crippen LogP contribution in [0.4, 0.5) is 0 Å². The summed E-state index contributed by atoms with van der Waals surface area (Å²) in [6, 6.07) is 3.51. The van der Waals surface area contributed by atoms with E-state index in [1.165, 1.54) is 0 Å². The number of hydrogen-bond acceptors (Lipinski definition) is 4. The van der Waals surface area contributed by atoms with E-state index in [4.69, 9.17) is 13.9 Å². The number of furan rings is 1. The summed E-state index contributed by atoms with van der Waals surface area (Å²) in [5.41, 5.74) is -0.376.